The Balaban J connectivity index is 2.20. The smallest absolute Gasteiger partial charge is 0.433 e. The molecule has 0 unspecified atom stereocenters. The third kappa shape index (κ3) is 3.22. The lowest BCUT2D eigenvalue weighted by Crippen LogP contribution is -2.08. The zero-order valence-electron chi connectivity index (χ0n) is 9.76. The van der Waals surface area contributed by atoms with E-state index in [1.165, 1.54) is 24.3 Å². The summed E-state index contributed by atoms with van der Waals surface area (Å²) >= 11 is 0. The van der Waals surface area contributed by atoms with E-state index in [2.05, 4.69) is 9.97 Å². The average molecular weight is 284 g/mol. The molecular weight excluding hydrogens is 277 g/mol. The molecule has 0 saturated heterocycles. The van der Waals surface area contributed by atoms with E-state index in [4.69, 9.17) is 9.84 Å². The van der Waals surface area contributed by atoms with Crippen LogP contribution in [0.1, 0.15) is 16.1 Å². The molecule has 8 heteroatoms. The molecule has 104 valence electrons. The Morgan fingerprint density at radius 3 is 2.35 bits per heavy atom. The number of ether oxygens (including phenoxy) is 1. The second kappa shape index (κ2) is 5.16. The number of hydrogen-bond donors (Lipinski definition) is 1. The normalized spacial score (nSPS) is 11.2. The van der Waals surface area contributed by atoms with Crippen molar-refractivity contribution >= 4 is 5.97 Å². The second-order valence-corrected chi connectivity index (χ2v) is 3.65. The van der Waals surface area contributed by atoms with Crippen LogP contribution in [0.2, 0.25) is 0 Å². The molecule has 0 radical (unpaired) electrons. The fraction of sp³-hybridized carbons (Fsp3) is 0.0833. The standard InChI is InChI=1S/C12H7F3N2O3/c13-12(14,15)9-5-6-16-11(17-9)20-8-3-1-7(2-4-8)10(18)19/h1-6H,(H,18,19). The lowest BCUT2D eigenvalue weighted by molar-refractivity contribution is -0.141. The summed E-state index contributed by atoms with van der Waals surface area (Å²) in [6.07, 6.45) is -3.66. The van der Waals surface area contributed by atoms with E-state index < -0.39 is 23.8 Å². The first-order valence-corrected chi connectivity index (χ1v) is 5.28. The van der Waals surface area contributed by atoms with Gasteiger partial charge in [-0.1, -0.05) is 0 Å². The molecule has 2 rings (SSSR count). The van der Waals surface area contributed by atoms with Gasteiger partial charge in [-0.3, -0.25) is 0 Å². The monoisotopic (exact) mass is 284 g/mol. The van der Waals surface area contributed by atoms with Crippen molar-refractivity contribution in [2.75, 3.05) is 0 Å². The van der Waals surface area contributed by atoms with E-state index in [1.54, 1.807) is 0 Å². The molecular formula is C12H7F3N2O3. The van der Waals surface area contributed by atoms with Gasteiger partial charge in [0.2, 0.25) is 0 Å². The molecule has 1 aromatic carbocycles. The van der Waals surface area contributed by atoms with Crippen molar-refractivity contribution < 1.29 is 27.8 Å². The molecule has 0 bridgehead atoms. The maximum Gasteiger partial charge on any atom is 0.433 e. The highest BCUT2D eigenvalue weighted by molar-refractivity contribution is 5.87. The van der Waals surface area contributed by atoms with Crippen LogP contribution in [-0.4, -0.2) is 21.0 Å². The highest BCUT2D eigenvalue weighted by Crippen LogP contribution is 2.28. The summed E-state index contributed by atoms with van der Waals surface area (Å²) in [6.45, 7) is 0. The van der Waals surface area contributed by atoms with Crippen LogP contribution in [0.5, 0.6) is 11.8 Å². The highest BCUT2D eigenvalue weighted by Gasteiger charge is 2.33. The Morgan fingerprint density at radius 1 is 1.15 bits per heavy atom. The molecule has 1 N–H and O–H groups in total. The predicted octanol–water partition coefficient (Wildman–Crippen LogP) is 2.99. The Morgan fingerprint density at radius 2 is 1.80 bits per heavy atom. The molecule has 0 aliphatic heterocycles. The van der Waals surface area contributed by atoms with E-state index in [0.717, 1.165) is 12.3 Å². The van der Waals surface area contributed by atoms with Gasteiger partial charge in [0.05, 0.1) is 5.56 Å². The van der Waals surface area contributed by atoms with Gasteiger partial charge in [0.1, 0.15) is 5.75 Å². The van der Waals surface area contributed by atoms with Crippen LogP contribution in [0, 0.1) is 0 Å². The van der Waals surface area contributed by atoms with E-state index in [-0.39, 0.29) is 11.3 Å². The maximum atomic E-state index is 12.4. The van der Waals surface area contributed by atoms with Crippen LogP contribution in [0.3, 0.4) is 0 Å². The lowest BCUT2D eigenvalue weighted by atomic mass is 10.2. The number of hydrogen-bond acceptors (Lipinski definition) is 4. The minimum absolute atomic E-state index is 0.0299. The van der Waals surface area contributed by atoms with Gasteiger partial charge in [0, 0.05) is 6.20 Å². The first-order valence-electron chi connectivity index (χ1n) is 5.28. The number of alkyl halides is 3. The van der Waals surface area contributed by atoms with Crippen LogP contribution < -0.4 is 4.74 Å². The molecule has 0 saturated carbocycles. The number of rotatable bonds is 3. The SMILES string of the molecule is O=C(O)c1ccc(Oc2nccc(C(F)(F)F)n2)cc1. The molecule has 20 heavy (non-hydrogen) atoms. The zero-order chi connectivity index (χ0) is 14.8. The Labute approximate surface area is 110 Å². The molecule has 1 aromatic heterocycles. The van der Waals surface area contributed by atoms with E-state index in [1.807, 2.05) is 0 Å². The number of benzene rings is 1. The fourth-order valence-electron chi connectivity index (χ4n) is 1.32. The quantitative estimate of drug-likeness (QED) is 0.938. The summed E-state index contributed by atoms with van der Waals surface area (Å²) in [7, 11) is 0. The van der Waals surface area contributed by atoms with E-state index in [0.29, 0.717) is 0 Å². The van der Waals surface area contributed by atoms with Crippen molar-refractivity contribution in [3.63, 3.8) is 0 Å². The number of nitrogens with zero attached hydrogens (tertiary/aromatic N) is 2. The average Bonchev–Trinajstić information content (AvgIpc) is 2.38. The summed E-state index contributed by atoms with van der Waals surface area (Å²) < 4.78 is 42.3. The number of halogens is 3. The number of carboxylic acid groups (broad SMARTS) is 1. The summed E-state index contributed by atoms with van der Waals surface area (Å²) in [5.74, 6) is -0.985. The van der Waals surface area contributed by atoms with Crippen molar-refractivity contribution in [2.24, 2.45) is 0 Å². The van der Waals surface area contributed by atoms with Crippen LogP contribution in [0.4, 0.5) is 13.2 Å². The third-order valence-electron chi connectivity index (χ3n) is 2.23. The lowest BCUT2D eigenvalue weighted by Gasteiger charge is -2.07. The molecule has 0 spiro atoms. The molecule has 0 aliphatic carbocycles. The van der Waals surface area contributed by atoms with Crippen LogP contribution in [-0.2, 0) is 6.18 Å². The van der Waals surface area contributed by atoms with Crippen LogP contribution >= 0.6 is 0 Å². The number of aromatic carboxylic acids is 1. The summed E-state index contributed by atoms with van der Waals surface area (Å²) in [4.78, 5) is 17.4. The van der Waals surface area contributed by atoms with Gasteiger partial charge in [-0.25, -0.2) is 9.78 Å². The minimum atomic E-state index is -4.59. The molecule has 0 aliphatic rings. The van der Waals surface area contributed by atoms with Crippen LogP contribution in [0.15, 0.2) is 36.5 Å². The van der Waals surface area contributed by atoms with Gasteiger partial charge in [0.25, 0.3) is 0 Å². The minimum Gasteiger partial charge on any atom is -0.478 e. The largest absolute Gasteiger partial charge is 0.478 e. The van der Waals surface area contributed by atoms with Crippen molar-refractivity contribution in [1.29, 1.82) is 0 Å². The summed E-state index contributed by atoms with van der Waals surface area (Å²) in [6, 6.07) is 5.36. The summed E-state index contributed by atoms with van der Waals surface area (Å²) in [5.41, 5.74) is -1.09. The fourth-order valence-corrected chi connectivity index (χ4v) is 1.32. The van der Waals surface area contributed by atoms with Gasteiger partial charge >= 0.3 is 18.2 Å². The topological polar surface area (TPSA) is 72.3 Å². The molecule has 1 heterocycles. The first-order chi connectivity index (χ1) is 9.36. The van der Waals surface area contributed by atoms with Crippen molar-refractivity contribution in [2.45, 2.75) is 6.18 Å². The van der Waals surface area contributed by atoms with Gasteiger partial charge in [0.15, 0.2) is 5.69 Å². The third-order valence-corrected chi connectivity index (χ3v) is 2.23. The van der Waals surface area contributed by atoms with E-state index >= 15 is 0 Å². The van der Waals surface area contributed by atoms with Crippen molar-refractivity contribution in [3.8, 4) is 11.8 Å². The van der Waals surface area contributed by atoms with Gasteiger partial charge in [-0.2, -0.15) is 18.2 Å². The highest BCUT2D eigenvalue weighted by atomic mass is 19.4. The van der Waals surface area contributed by atoms with Crippen LogP contribution in [0.25, 0.3) is 0 Å². The van der Waals surface area contributed by atoms with Gasteiger partial charge < -0.3 is 9.84 Å². The van der Waals surface area contributed by atoms with Gasteiger partial charge in [-0.15, -0.1) is 0 Å². The molecule has 2 aromatic rings. The molecule has 0 atom stereocenters. The zero-order valence-corrected chi connectivity index (χ0v) is 9.76. The predicted molar refractivity (Wildman–Crippen MR) is 60.5 cm³/mol. The Hall–Kier alpha value is -2.64. The van der Waals surface area contributed by atoms with E-state index in [9.17, 15) is 18.0 Å². The van der Waals surface area contributed by atoms with Gasteiger partial charge in [-0.05, 0) is 30.3 Å². The van der Waals surface area contributed by atoms with Crippen molar-refractivity contribution in [1.82, 2.24) is 9.97 Å². The first kappa shape index (κ1) is 13.8. The molecule has 0 amide bonds. The Bertz CT molecular complexity index is 627. The second-order valence-electron chi connectivity index (χ2n) is 3.65. The Kier molecular flexibility index (Phi) is 3.55. The molecule has 5 nitrogen and oxygen atoms in total. The number of carbonyl (C=O) groups is 1. The number of carboxylic acids is 1. The molecule has 0 fully saturated rings. The van der Waals surface area contributed by atoms with Crippen molar-refractivity contribution in [3.05, 3.63) is 47.8 Å². The number of aromatic nitrogens is 2. The summed E-state index contributed by atoms with van der Waals surface area (Å²) in [5, 5.41) is 8.70. The maximum absolute atomic E-state index is 12.4.